The second-order valence-electron chi connectivity index (χ2n) is 6.83. The molecule has 2 aromatic carbocycles. The topological polar surface area (TPSA) is 33.5 Å². The van der Waals surface area contributed by atoms with Gasteiger partial charge < -0.3 is 4.42 Å². The Morgan fingerprint density at radius 2 is 1.76 bits per heavy atom. The lowest BCUT2D eigenvalue weighted by Gasteiger charge is -2.18. The molecule has 0 fully saturated rings. The average molecular weight is 337 g/mol. The van der Waals surface area contributed by atoms with E-state index in [9.17, 15) is 9.18 Å². The normalized spacial score (nSPS) is 13.6. The summed E-state index contributed by atoms with van der Waals surface area (Å²) in [6, 6.07) is 12.5. The van der Waals surface area contributed by atoms with E-state index in [1.165, 1.54) is 17.2 Å². The zero-order valence-corrected chi connectivity index (χ0v) is 14.2. The van der Waals surface area contributed by atoms with Gasteiger partial charge in [0.05, 0.1) is 0 Å². The van der Waals surface area contributed by atoms with Gasteiger partial charge in [-0.1, -0.05) is 18.2 Å². The zero-order valence-electron chi connectivity index (χ0n) is 14.2. The van der Waals surface area contributed by atoms with Gasteiger partial charge in [-0.15, -0.1) is 0 Å². The highest BCUT2D eigenvalue weighted by atomic mass is 19.1. The molecule has 128 valence electrons. The molecule has 1 aromatic heterocycles. The Morgan fingerprint density at radius 1 is 1.04 bits per heavy atom. The number of nitrogens with zero attached hydrogens (tertiary/aromatic N) is 1. The van der Waals surface area contributed by atoms with E-state index in [2.05, 4.69) is 6.07 Å². The largest absolute Gasteiger partial charge is 0.423 e. The van der Waals surface area contributed by atoms with Crippen LogP contribution in [0, 0.1) is 5.82 Å². The van der Waals surface area contributed by atoms with E-state index in [0.717, 1.165) is 30.2 Å². The van der Waals surface area contributed by atoms with Gasteiger partial charge in [-0.2, -0.15) is 0 Å². The molecule has 0 N–H and O–H groups in total. The Morgan fingerprint density at radius 3 is 2.56 bits per heavy atom. The van der Waals surface area contributed by atoms with Gasteiger partial charge in [0.2, 0.25) is 0 Å². The summed E-state index contributed by atoms with van der Waals surface area (Å²) in [5, 5.41) is 0.987. The predicted molar refractivity (Wildman–Crippen MR) is 96.1 cm³/mol. The van der Waals surface area contributed by atoms with Crippen LogP contribution in [0.5, 0.6) is 0 Å². The summed E-state index contributed by atoms with van der Waals surface area (Å²) in [6.45, 7) is 1.05. The highest BCUT2D eigenvalue weighted by molar-refractivity contribution is 5.82. The molecule has 1 aliphatic rings. The van der Waals surface area contributed by atoms with Crippen molar-refractivity contribution in [2.75, 3.05) is 7.05 Å². The smallest absolute Gasteiger partial charge is 0.336 e. The molecule has 3 nitrogen and oxygen atoms in total. The molecule has 0 atom stereocenters. The lowest BCUT2D eigenvalue weighted by atomic mass is 10.0. The molecule has 0 unspecified atom stereocenters. The Labute approximate surface area is 145 Å². The molecule has 0 saturated carbocycles. The Bertz CT molecular complexity index is 993. The maximum absolute atomic E-state index is 13.9. The van der Waals surface area contributed by atoms with Crippen LogP contribution < -0.4 is 5.63 Å². The summed E-state index contributed by atoms with van der Waals surface area (Å²) in [7, 11) is 1.93. The van der Waals surface area contributed by atoms with E-state index < -0.39 is 0 Å². The van der Waals surface area contributed by atoms with E-state index in [1.807, 2.05) is 24.1 Å². The molecule has 1 heterocycles. The van der Waals surface area contributed by atoms with Crippen LogP contribution in [0.2, 0.25) is 0 Å². The minimum Gasteiger partial charge on any atom is -0.423 e. The Hall–Kier alpha value is -2.46. The molecule has 3 aromatic rings. The lowest BCUT2D eigenvalue weighted by Crippen LogP contribution is -2.19. The third-order valence-electron chi connectivity index (χ3n) is 4.88. The van der Waals surface area contributed by atoms with Crippen LogP contribution in [0.4, 0.5) is 4.39 Å². The molecule has 0 bridgehead atoms. The SMILES string of the molecule is CN(Cc1ccccc1F)Cc1cc(=O)oc2cc3c(cc12)CCC3. The summed E-state index contributed by atoms with van der Waals surface area (Å²) in [5.74, 6) is -0.204. The molecule has 0 spiro atoms. The van der Waals surface area contributed by atoms with Crippen molar-refractivity contribution in [3.05, 3.63) is 81.0 Å². The van der Waals surface area contributed by atoms with Crippen molar-refractivity contribution < 1.29 is 8.81 Å². The fourth-order valence-corrected chi connectivity index (χ4v) is 3.69. The highest BCUT2D eigenvalue weighted by Crippen LogP contribution is 2.29. The minimum atomic E-state index is -0.334. The second kappa shape index (κ2) is 6.45. The van der Waals surface area contributed by atoms with Gasteiger partial charge in [-0.25, -0.2) is 9.18 Å². The summed E-state index contributed by atoms with van der Waals surface area (Å²) in [4.78, 5) is 14.0. The van der Waals surface area contributed by atoms with Crippen LogP contribution in [-0.4, -0.2) is 11.9 Å². The maximum atomic E-state index is 13.9. The van der Waals surface area contributed by atoms with Crippen LogP contribution >= 0.6 is 0 Å². The first-order valence-electron chi connectivity index (χ1n) is 8.60. The quantitative estimate of drug-likeness (QED) is 0.673. The van der Waals surface area contributed by atoms with Gasteiger partial charge in [-0.05, 0) is 61.2 Å². The van der Waals surface area contributed by atoms with E-state index in [4.69, 9.17) is 4.42 Å². The molecule has 4 heteroatoms. The van der Waals surface area contributed by atoms with E-state index >= 15 is 0 Å². The molecule has 25 heavy (non-hydrogen) atoms. The standard InChI is InChI=1S/C21H20FNO2/c1-23(12-16-5-2-3-8-19(16)22)13-17-11-21(24)25-20-10-15-7-4-6-14(15)9-18(17)20/h2-3,5,8-11H,4,6-7,12-13H2,1H3. The predicted octanol–water partition coefficient (Wildman–Crippen LogP) is 4.05. The maximum Gasteiger partial charge on any atom is 0.336 e. The van der Waals surface area contributed by atoms with Gasteiger partial charge >= 0.3 is 5.63 Å². The zero-order chi connectivity index (χ0) is 17.4. The van der Waals surface area contributed by atoms with Crippen molar-refractivity contribution in [2.45, 2.75) is 32.4 Å². The number of aryl methyl sites for hydroxylation is 2. The van der Waals surface area contributed by atoms with Crippen LogP contribution in [-0.2, 0) is 25.9 Å². The number of hydrogen-bond acceptors (Lipinski definition) is 3. The fourth-order valence-electron chi connectivity index (χ4n) is 3.69. The number of fused-ring (bicyclic) bond motifs is 2. The monoisotopic (exact) mass is 337 g/mol. The molecule has 0 saturated heterocycles. The molecular weight excluding hydrogens is 317 g/mol. The summed E-state index contributed by atoms with van der Waals surface area (Å²) in [6.07, 6.45) is 3.28. The Balaban J connectivity index is 1.66. The number of benzene rings is 2. The van der Waals surface area contributed by atoms with Crippen LogP contribution in [0.25, 0.3) is 11.0 Å². The number of halogens is 1. The summed E-state index contributed by atoms with van der Waals surface area (Å²) < 4.78 is 19.3. The van der Waals surface area contributed by atoms with Crippen LogP contribution in [0.3, 0.4) is 0 Å². The summed E-state index contributed by atoms with van der Waals surface area (Å²) >= 11 is 0. The molecule has 0 aliphatic heterocycles. The van der Waals surface area contributed by atoms with Crippen molar-refractivity contribution in [1.29, 1.82) is 0 Å². The van der Waals surface area contributed by atoms with Crippen LogP contribution in [0.15, 0.2) is 51.7 Å². The van der Waals surface area contributed by atoms with E-state index in [-0.39, 0.29) is 11.4 Å². The third-order valence-corrected chi connectivity index (χ3v) is 4.88. The van der Waals surface area contributed by atoms with Gasteiger partial charge in [0.15, 0.2) is 0 Å². The fraction of sp³-hybridized carbons (Fsp3) is 0.286. The van der Waals surface area contributed by atoms with Crippen molar-refractivity contribution in [3.63, 3.8) is 0 Å². The second-order valence-corrected chi connectivity index (χ2v) is 6.83. The van der Waals surface area contributed by atoms with Gasteiger partial charge in [-0.3, -0.25) is 4.90 Å². The molecular formula is C21H20FNO2. The van der Waals surface area contributed by atoms with E-state index in [0.29, 0.717) is 24.2 Å². The van der Waals surface area contributed by atoms with Crippen molar-refractivity contribution >= 4 is 11.0 Å². The first-order chi connectivity index (χ1) is 12.1. The Kier molecular flexibility index (Phi) is 4.14. The average Bonchev–Trinajstić information content (AvgIpc) is 3.02. The molecule has 4 rings (SSSR count). The van der Waals surface area contributed by atoms with Gasteiger partial charge in [0.25, 0.3) is 0 Å². The van der Waals surface area contributed by atoms with Crippen molar-refractivity contribution in [2.24, 2.45) is 0 Å². The van der Waals surface area contributed by atoms with Gasteiger partial charge in [0.1, 0.15) is 11.4 Å². The summed E-state index contributed by atoms with van der Waals surface area (Å²) in [5.41, 5.74) is 4.53. The highest BCUT2D eigenvalue weighted by Gasteiger charge is 2.16. The minimum absolute atomic E-state index is 0.204. The number of rotatable bonds is 4. The first-order valence-corrected chi connectivity index (χ1v) is 8.60. The van der Waals surface area contributed by atoms with Crippen LogP contribution in [0.1, 0.15) is 28.7 Å². The third kappa shape index (κ3) is 3.22. The first kappa shape index (κ1) is 16.0. The number of hydrogen-bond donors (Lipinski definition) is 0. The van der Waals surface area contributed by atoms with Gasteiger partial charge in [0, 0.05) is 30.1 Å². The molecule has 0 radical (unpaired) electrons. The molecule has 1 aliphatic carbocycles. The van der Waals surface area contributed by atoms with Crippen molar-refractivity contribution in [1.82, 2.24) is 4.90 Å². The van der Waals surface area contributed by atoms with E-state index in [1.54, 1.807) is 18.2 Å². The molecule has 0 amide bonds. The lowest BCUT2D eigenvalue weighted by molar-refractivity contribution is 0.314. The van der Waals surface area contributed by atoms with Crippen molar-refractivity contribution in [3.8, 4) is 0 Å².